The normalized spacial score (nSPS) is 21.7. The van der Waals surface area contributed by atoms with Crippen LogP contribution in [-0.2, 0) is 9.53 Å². The van der Waals surface area contributed by atoms with Crippen LogP contribution in [0.15, 0.2) is 18.2 Å². The molecule has 2 unspecified atom stereocenters. The molecule has 1 aromatic carbocycles. The van der Waals surface area contributed by atoms with E-state index in [-0.39, 0.29) is 23.4 Å². The average Bonchev–Trinajstić information content (AvgIpc) is 2.89. The largest absolute Gasteiger partial charge is 0.379 e. The molecule has 6 nitrogen and oxygen atoms in total. The zero-order chi connectivity index (χ0) is 14.7. The second-order valence-corrected chi connectivity index (χ2v) is 4.59. The first-order valence-corrected chi connectivity index (χ1v) is 6.18. The fourth-order valence-electron chi connectivity index (χ4n) is 2.12. The summed E-state index contributed by atoms with van der Waals surface area (Å²) in [5.74, 6) is -2.17. The maximum atomic E-state index is 13.3. The van der Waals surface area contributed by atoms with Gasteiger partial charge in [0.1, 0.15) is 5.82 Å². The van der Waals surface area contributed by atoms with Gasteiger partial charge in [-0.05, 0) is 25.2 Å². The molecule has 2 amide bonds. The summed E-state index contributed by atoms with van der Waals surface area (Å²) >= 11 is 0. The lowest BCUT2D eigenvalue weighted by Gasteiger charge is -2.16. The second kappa shape index (κ2) is 5.98. The van der Waals surface area contributed by atoms with Crippen LogP contribution < -0.4 is 16.4 Å². The molecule has 2 atom stereocenters. The van der Waals surface area contributed by atoms with Crippen molar-refractivity contribution in [2.75, 3.05) is 25.6 Å². The Bertz CT molecular complexity index is 536. The number of carbonyl (C=O) groups is 2. The number of halogens is 1. The maximum Gasteiger partial charge on any atom is 0.251 e. The van der Waals surface area contributed by atoms with Gasteiger partial charge in [0.05, 0.1) is 24.7 Å². The van der Waals surface area contributed by atoms with Crippen molar-refractivity contribution < 1.29 is 18.7 Å². The van der Waals surface area contributed by atoms with Crippen LogP contribution >= 0.6 is 0 Å². The van der Waals surface area contributed by atoms with Gasteiger partial charge in [-0.3, -0.25) is 9.59 Å². The van der Waals surface area contributed by atoms with Crippen molar-refractivity contribution in [1.29, 1.82) is 0 Å². The van der Waals surface area contributed by atoms with Crippen LogP contribution in [-0.4, -0.2) is 38.1 Å². The van der Waals surface area contributed by atoms with Gasteiger partial charge in [0, 0.05) is 11.7 Å². The summed E-state index contributed by atoms with van der Waals surface area (Å²) in [6.07, 6.45) is 0. The molecule has 0 spiro atoms. The summed E-state index contributed by atoms with van der Waals surface area (Å²) in [7, 11) is 1.75. The lowest BCUT2D eigenvalue weighted by atomic mass is 10.0. The quantitative estimate of drug-likeness (QED) is 0.729. The molecular formula is C13H16FN3O3. The summed E-state index contributed by atoms with van der Waals surface area (Å²) < 4.78 is 18.6. The summed E-state index contributed by atoms with van der Waals surface area (Å²) in [6, 6.07) is 3.63. The number of amides is 2. The molecule has 1 saturated heterocycles. The third kappa shape index (κ3) is 2.94. The molecule has 2 rings (SSSR count). The van der Waals surface area contributed by atoms with Gasteiger partial charge in [-0.1, -0.05) is 0 Å². The first kappa shape index (κ1) is 14.4. The molecule has 1 aliphatic rings. The van der Waals surface area contributed by atoms with E-state index in [9.17, 15) is 14.0 Å². The fourth-order valence-corrected chi connectivity index (χ4v) is 2.12. The van der Waals surface area contributed by atoms with Crippen LogP contribution in [0, 0.1) is 11.7 Å². The fraction of sp³-hybridized carbons (Fsp3) is 0.385. The molecule has 20 heavy (non-hydrogen) atoms. The molecular weight excluding hydrogens is 265 g/mol. The molecule has 1 aliphatic heterocycles. The van der Waals surface area contributed by atoms with E-state index in [1.165, 1.54) is 12.1 Å². The average molecular weight is 281 g/mol. The van der Waals surface area contributed by atoms with Crippen molar-refractivity contribution in [2.45, 2.75) is 6.04 Å². The zero-order valence-corrected chi connectivity index (χ0v) is 11.0. The van der Waals surface area contributed by atoms with E-state index in [1.807, 2.05) is 0 Å². The minimum absolute atomic E-state index is 0.0638. The summed E-state index contributed by atoms with van der Waals surface area (Å²) in [4.78, 5) is 23.2. The van der Waals surface area contributed by atoms with E-state index in [1.54, 1.807) is 7.05 Å². The van der Waals surface area contributed by atoms with Gasteiger partial charge in [0.15, 0.2) is 0 Å². The molecule has 0 aromatic heterocycles. The monoisotopic (exact) mass is 281 g/mol. The predicted octanol–water partition coefficient (Wildman–Crippen LogP) is 0.0975. The molecule has 1 heterocycles. The van der Waals surface area contributed by atoms with Crippen LogP contribution in [0.1, 0.15) is 10.4 Å². The number of carbonyl (C=O) groups excluding carboxylic acids is 2. The van der Waals surface area contributed by atoms with Gasteiger partial charge in [-0.15, -0.1) is 0 Å². The number of nitrogens with one attached hydrogen (secondary N) is 2. The topological polar surface area (TPSA) is 93.4 Å². The minimum atomic E-state index is -0.879. The number of rotatable bonds is 4. The Morgan fingerprint density at radius 1 is 1.40 bits per heavy atom. The van der Waals surface area contributed by atoms with Crippen LogP contribution in [0.3, 0.4) is 0 Å². The Kier molecular flexibility index (Phi) is 4.31. The van der Waals surface area contributed by atoms with E-state index in [0.717, 1.165) is 6.07 Å². The number of hydrogen-bond donors (Lipinski definition) is 3. The van der Waals surface area contributed by atoms with Gasteiger partial charge in [-0.2, -0.15) is 0 Å². The van der Waals surface area contributed by atoms with E-state index in [4.69, 9.17) is 10.5 Å². The molecule has 0 saturated carbocycles. The Morgan fingerprint density at radius 3 is 2.80 bits per heavy atom. The third-order valence-electron chi connectivity index (χ3n) is 3.29. The predicted molar refractivity (Wildman–Crippen MR) is 70.7 cm³/mol. The third-order valence-corrected chi connectivity index (χ3v) is 3.29. The Morgan fingerprint density at radius 2 is 2.15 bits per heavy atom. The number of likely N-dealkylation sites (N-methyl/N-ethyl adjacent to an activating group) is 1. The van der Waals surface area contributed by atoms with Crippen molar-refractivity contribution >= 4 is 17.5 Å². The van der Waals surface area contributed by atoms with Crippen LogP contribution in [0.2, 0.25) is 0 Å². The second-order valence-electron chi connectivity index (χ2n) is 4.59. The number of anilines is 1. The summed E-state index contributed by atoms with van der Waals surface area (Å²) in [5, 5.41) is 5.64. The van der Waals surface area contributed by atoms with Gasteiger partial charge >= 0.3 is 0 Å². The molecule has 4 N–H and O–H groups in total. The van der Waals surface area contributed by atoms with Crippen molar-refractivity contribution in [3.63, 3.8) is 0 Å². The molecule has 7 heteroatoms. The molecule has 108 valence electrons. The number of benzene rings is 1. The first-order chi connectivity index (χ1) is 9.52. The number of hydrogen-bond acceptors (Lipinski definition) is 4. The molecule has 0 bridgehead atoms. The van der Waals surface area contributed by atoms with E-state index in [2.05, 4.69) is 10.6 Å². The highest BCUT2D eigenvalue weighted by Crippen LogP contribution is 2.18. The van der Waals surface area contributed by atoms with Gasteiger partial charge in [0.2, 0.25) is 5.91 Å². The van der Waals surface area contributed by atoms with Crippen molar-refractivity contribution in [3.8, 4) is 0 Å². The van der Waals surface area contributed by atoms with E-state index >= 15 is 0 Å². The molecule has 0 aliphatic carbocycles. The lowest BCUT2D eigenvalue weighted by Crippen LogP contribution is -2.39. The highest BCUT2D eigenvalue weighted by Gasteiger charge is 2.33. The lowest BCUT2D eigenvalue weighted by molar-refractivity contribution is -0.120. The highest BCUT2D eigenvalue weighted by atomic mass is 19.1. The minimum Gasteiger partial charge on any atom is -0.379 e. The zero-order valence-electron chi connectivity index (χ0n) is 11.0. The van der Waals surface area contributed by atoms with Crippen LogP contribution in [0.25, 0.3) is 0 Å². The number of ether oxygens (including phenoxy) is 1. The van der Waals surface area contributed by atoms with Gasteiger partial charge in [0.25, 0.3) is 5.91 Å². The highest BCUT2D eigenvalue weighted by molar-refractivity contribution is 5.97. The first-order valence-electron chi connectivity index (χ1n) is 6.18. The Hall–Kier alpha value is -1.99. The van der Waals surface area contributed by atoms with Crippen molar-refractivity contribution in [1.82, 2.24) is 5.32 Å². The summed E-state index contributed by atoms with van der Waals surface area (Å²) in [5.41, 5.74) is 5.13. The Labute approximate surface area is 115 Å². The maximum absolute atomic E-state index is 13.3. The van der Waals surface area contributed by atoms with E-state index < -0.39 is 11.7 Å². The van der Waals surface area contributed by atoms with Gasteiger partial charge < -0.3 is 21.1 Å². The van der Waals surface area contributed by atoms with E-state index in [0.29, 0.717) is 18.9 Å². The molecule has 1 aromatic rings. The van der Waals surface area contributed by atoms with Gasteiger partial charge in [-0.25, -0.2) is 4.39 Å². The van der Waals surface area contributed by atoms with Crippen LogP contribution in [0.4, 0.5) is 10.1 Å². The SMILES string of the molecule is CNC1COCC1C(=O)Nc1ccc(F)c(C(N)=O)c1. The van der Waals surface area contributed by atoms with Crippen molar-refractivity contribution in [2.24, 2.45) is 11.7 Å². The number of nitrogens with two attached hydrogens (primary N) is 1. The summed E-state index contributed by atoms with van der Waals surface area (Å²) in [6.45, 7) is 0.783. The van der Waals surface area contributed by atoms with Crippen LogP contribution in [0.5, 0.6) is 0 Å². The van der Waals surface area contributed by atoms with Crippen molar-refractivity contribution in [3.05, 3.63) is 29.6 Å². The number of primary amides is 1. The molecule has 0 radical (unpaired) electrons. The Balaban J connectivity index is 2.12. The molecule has 1 fully saturated rings. The smallest absolute Gasteiger partial charge is 0.251 e. The standard InChI is InChI=1S/C13H16FN3O3/c1-16-11-6-20-5-9(11)13(19)17-7-2-3-10(14)8(4-7)12(15)18/h2-4,9,11,16H,5-6H2,1H3,(H2,15,18)(H,17,19).